The van der Waals surface area contributed by atoms with E-state index in [1.807, 2.05) is 20.8 Å². The Morgan fingerprint density at radius 2 is 1.59 bits per heavy atom. The van der Waals surface area contributed by atoms with Gasteiger partial charge in [0.15, 0.2) is 17.8 Å². The molecule has 1 aromatic carbocycles. The van der Waals surface area contributed by atoms with Gasteiger partial charge in [-0.1, -0.05) is 0 Å². The van der Waals surface area contributed by atoms with Crippen LogP contribution in [0.5, 0.6) is 17.2 Å². The van der Waals surface area contributed by atoms with Gasteiger partial charge in [-0.3, -0.25) is 4.79 Å². The Hall–Kier alpha value is -1.71. The first kappa shape index (κ1) is 13.4. The van der Waals surface area contributed by atoms with E-state index in [0.29, 0.717) is 29.4 Å². The molecule has 4 heteroatoms. The molecule has 0 heterocycles. The maximum atomic E-state index is 11.2. The molecule has 0 aliphatic rings. The van der Waals surface area contributed by atoms with Gasteiger partial charge in [-0.05, 0) is 20.8 Å². The first-order valence-electron chi connectivity index (χ1n) is 5.45. The smallest absolute Gasteiger partial charge is 0.172 e. The van der Waals surface area contributed by atoms with E-state index in [9.17, 15) is 4.79 Å². The van der Waals surface area contributed by atoms with Gasteiger partial charge < -0.3 is 14.2 Å². The summed E-state index contributed by atoms with van der Waals surface area (Å²) in [7, 11) is 3.10. The number of methoxy groups -OCH3 is 2. The van der Waals surface area contributed by atoms with Crippen LogP contribution in [0.4, 0.5) is 0 Å². The molecule has 0 aromatic heterocycles. The van der Waals surface area contributed by atoms with E-state index in [2.05, 4.69) is 0 Å². The van der Waals surface area contributed by atoms with Crippen LogP contribution in [-0.4, -0.2) is 27.1 Å². The van der Waals surface area contributed by atoms with E-state index in [0.717, 1.165) is 17.4 Å². The van der Waals surface area contributed by atoms with Crippen LogP contribution < -0.4 is 14.2 Å². The Balaban J connectivity index is 3.61. The predicted molar refractivity (Wildman–Crippen MR) is 65.6 cm³/mol. The Morgan fingerprint density at radius 3 is 2.00 bits per heavy atom. The lowest BCUT2D eigenvalue weighted by Crippen LogP contribution is -2.05. The number of carbonyl (C=O) groups is 1. The zero-order chi connectivity index (χ0) is 13.0. The first-order chi connectivity index (χ1) is 8.12. The van der Waals surface area contributed by atoms with Gasteiger partial charge in [-0.2, -0.15) is 0 Å². The summed E-state index contributed by atoms with van der Waals surface area (Å²) in [6.07, 6.45) is 0.763. The molecule has 0 radical (unpaired) electrons. The maximum absolute atomic E-state index is 11.2. The van der Waals surface area contributed by atoms with Crippen LogP contribution >= 0.6 is 0 Å². The van der Waals surface area contributed by atoms with Crippen LogP contribution in [0.1, 0.15) is 28.4 Å². The van der Waals surface area contributed by atoms with Crippen molar-refractivity contribution in [3.8, 4) is 17.2 Å². The van der Waals surface area contributed by atoms with Crippen molar-refractivity contribution in [2.45, 2.75) is 20.8 Å². The standard InChI is InChI=1S/C13H18O4/c1-6-17-12-9(3)11(15-4)8(2)10(7-14)13(12)16-5/h7H,6H2,1-5H3. The predicted octanol–water partition coefficient (Wildman–Crippen LogP) is 2.53. The average Bonchev–Trinajstić information content (AvgIpc) is 2.33. The number of ether oxygens (including phenoxy) is 3. The van der Waals surface area contributed by atoms with Gasteiger partial charge in [0.1, 0.15) is 5.75 Å². The molecule has 0 atom stereocenters. The largest absolute Gasteiger partial charge is 0.496 e. The van der Waals surface area contributed by atoms with Crippen LogP contribution in [0, 0.1) is 13.8 Å². The second kappa shape index (κ2) is 5.57. The lowest BCUT2D eigenvalue weighted by atomic mass is 10.0. The minimum Gasteiger partial charge on any atom is -0.496 e. The molecule has 17 heavy (non-hydrogen) atoms. The summed E-state index contributed by atoms with van der Waals surface area (Å²) < 4.78 is 16.1. The van der Waals surface area contributed by atoms with Gasteiger partial charge in [-0.25, -0.2) is 0 Å². The molecule has 0 unspecified atom stereocenters. The van der Waals surface area contributed by atoms with Crippen molar-refractivity contribution in [1.29, 1.82) is 0 Å². The minimum atomic E-state index is 0.470. The molecule has 94 valence electrons. The van der Waals surface area contributed by atoms with Crippen LogP contribution in [0.25, 0.3) is 0 Å². The normalized spacial score (nSPS) is 9.94. The van der Waals surface area contributed by atoms with E-state index >= 15 is 0 Å². The molecule has 1 rings (SSSR count). The molecule has 0 spiro atoms. The fraction of sp³-hybridized carbons (Fsp3) is 0.462. The van der Waals surface area contributed by atoms with E-state index in [4.69, 9.17) is 14.2 Å². The monoisotopic (exact) mass is 238 g/mol. The molecule has 0 fully saturated rings. The number of carbonyl (C=O) groups excluding carboxylic acids is 1. The van der Waals surface area contributed by atoms with E-state index < -0.39 is 0 Å². The van der Waals surface area contributed by atoms with Gasteiger partial charge in [-0.15, -0.1) is 0 Å². The summed E-state index contributed by atoms with van der Waals surface area (Å²) in [5.74, 6) is 1.70. The third kappa shape index (κ3) is 2.20. The summed E-state index contributed by atoms with van der Waals surface area (Å²) in [4.78, 5) is 11.2. The lowest BCUT2D eigenvalue weighted by Gasteiger charge is -2.19. The molecule has 0 saturated heterocycles. The van der Waals surface area contributed by atoms with Gasteiger partial charge in [0, 0.05) is 11.1 Å². The highest BCUT2D eigenvalue weighted by Gasteiger charge is 2.21. The number of benzene rings is 1. The molecular weight excluding hydrogens is 220 g/mol. The Labute approximate surface area is 101 Å². The zero-order valence-electron chi connectivity index (χ0n) is 10.9. The highest BCUT2D eigenvalue weighted by Crippen LogP contribution is 2.42. The van der Waals surface area contributed by atoms with Crippen molar-refractivity contribution >= 4 is 6.29 Å². The number of rotatable bonds is 5. The molecule has 0 N–H and O–H groups in total. The van der Waals surface area contributed by atoms with Gasteiger partial charge in [0.2, 0.25) is 0 Å². The third-order valence-electron chi connectivity index (χ3n) is 2.69. The second-order valence-corrected chi connectivity index (χ2v) is 3.61. The molecule has 0 bridgehead atoms. The number of aldehydes is 1. The fourth-order valence-electron chi connectivity index (χ4n) is 1.94. The van der Waals surface area contributed by atoms with Crippen LogP contribution in [0.15, 0.2) is 0 Å². The summed E-state index contributed by atoms with van der Waals surface area (Å²) in [6, 6.07) is 0. The molecule has 0 aliphatic heterocycles. The van der Waals surface area contributed by atoms with Crippen LogP contribution in [0.3, 0.4) is 0 Å². The van der Waals surface area contributed by atoms with Crippen molar-refractivity contribution in [1.82, 2.24) is 0 Å². The van der Waals surface area contributed by atoms with Crippen LogP contribution in [-0.2, 0) is 0 Å². The van der Waals surface area contributed by atoms with Crippen molar-refractivity contribution in [2.24, 2.45) is 0 Å². The zero-order valence-corrected chi connectivity index (χ0v) is 10.9. The van der Waals surface area contributed by atoms with Crippen molar-refractivity contribution < 1.29 is 19.0 Å². The molecule has 0 saturated carbocycles. The highest BCUT2D eigenvalue weighted by atomic mass is 16.5. The van der Waals surface area contributed by atoms with Gasteiger partial charge >= 0.3 is 0 Å². The summed E-state index contributed by atoms with van der Waals surface area (Å²) in [6.45, 7) is 6.09. The number of hydrogen-bond donors (Lipinski definition) is 0. The summed E-state index contributed by atoms with van der Waals surface area (Å²) >= 11 is 0. The van der Waals surface area contributed by atoms with E-state index in [1.54, 1.807) is 7.11 Å². The summed E-state index contributed by atoms with van der Waals surface area (Å²) in [5.41, 5.74) is 2.08. The Morgan fingerprint density at radius 1 is 1.00 bits per heavy atom. The highest BCUT2D eigenvalue weighted by molar-refractivity contribution is 5.86. The quantitative estimate of drug-likeness (QED) is 0.739. The number of hydrogen-bond acceptors (Lipinski definition) is 4. The Kier molecular flexibility index (Phi) is 4.37. The van der Waals surface area contributed by atoms with Crippen molar-refractivity contribution in [2.75, 3.05) is 20.8 Å². The van der Waals surface area contributed by atoms with Crippen LogP contribution in [0.2, 0.25) is 0 Å². The Bertz CT molecular complexity index is 424. The molecule has 0 amide bonds. The maximum Gasteiger partial charge on any atom is 0.172 e. The second-order valence-electron chi connectivity index (χ2n) is 3.61. The molecule has 1 aromatic rings. The molecule has 4 nitrogen and oxygen atoms in total. The third-order valence-corrected chi connectivity index (χ3v) is 2.69. The first-order valence-corrected chi connectivity index (χ1v) is 5.45. The SMILES string of the molecule is CCOc1c(C)c(OC)c(C)c(C=O)c1OC. The van der Waals surface area contributed by atoms with E-state index in [-0.39, 0.29) is 0 Å². The average molecular weight is 238 g/mol. The van der Waals surface area contributed by atoms with E-state index in [1.165, 1.54) is 7.11 Å². The lowest BCUT2D eigenvalue weighted by molar-refractivity contribution is 0.111. The molecule has 0 aliphatic carbocycles. The van der Waals surface area contributed by atoms with Gasteiger partial charge in [0.25, 0.3) is 0 Å². The van der Waals surface area contributed by atoms with Crippen molar-refractivity contribution in [3.63, 3.8) is 0 Å². The minimum absolute atomic E-state index is 0.470. The molecular formula is C13H18O4. The summed E-state index contributed by atoms with van der Waals surface area (Å²) in [5, 5.41) is 0. The van der Waals surface area contributed by atoms with Crippen molar-refractivity contribution in [3.05, 3.63) is 16.7 Å². The fourth-order valence-corrected chi connectivity index (χ4v) is 1.94. The van der Waals surface area contributed by atoms with Gasteiger partial charge in [0.05, 0.1) is 26.4 Å². The topological polar surface area (TPSA) is 44.8 Å².